The lowest BCUT2D eigenvalue weighted by molar-refractivity contribution is 0.0998. The Morgan fingerprint density at radius 2 is 2.29 bits per heavy atom. The highest BCUT2D eigenvalue weighted by molar-refractivity contribution is 7.16. The van der Waals surface area contributed by atoms with Gasteiger partial charge < -0.3 is 9.52 Å². The Kier molecular flexibility index (Phi) is 3.69. The highest BCUT2D eigenvalue weighted by Gasteiger charge is 2.13. The van der Waals surface area contributed by atoms with Gasteiger partial charge in [0, 0.05) is 5.39 Å². The third kappa shape index (κ3) is 2.94. The molecule has 104 valence electrons. The Morgan fingerprint density at radius 3 is 3.10 bits per heavy atom. The molecule has 0 saturated carbocycles. The summed E-state index contributed by atoms with van der Waals surface area (Å²) in [6.45, 7) is -0.210. The molecule has 3 aromatic rings. The predicted molar refractivity (Wildman–Crippen MR) is 80.2 cm³/mol. The van der Waals surface area contributed by atoms with Crippen molar-refractivity contribution in [3.05, 3.63) is 47.2 Å². The van der Waals surface area contributed by atoms with Crippen molar-refractivity contribution in [1.29, 1.82) is 0 Å². The van der Waals surface area contributed by atoms with Gasteiger partial charge in [0.2, 0.25) is 0 Å². The average molecular weight is 298 g/mol. The second-order valence-corrected chi connectivity index (χ2v) is 5.12. The van der Waals surface area contributed by atoms with Crippen molar-refractivity contribution in [2.45, 2.75) is 0 Å². The van der Waals surface area contributed by atoms with Gasteiger partial charge in [0.25, 0.3) is 5.91 Å². The summed E-state index contributed by atoms with van der Waals surface area (Å²) in [5.41, 5.74) is 0.663. The van der Waals surface area contributed by atoms with E-state index in [1.165, 1.54) is 11.3 Å². The minimum Gasteiger partial charge on any atom is -0.451 e. The summed E-state index contributed by atoms with van der Waals surface area (Å²) >= 11 is 1.23. The number of para-hydroxylation sites is 1. The SMILES string of the molecule is O=C(Nc1ncc(C#CCO)s1)c1cc2ccccc2o1. The number of aliphatic hydroxyl groups excluding tert-OH is 1. The zero-order valence-corrected chi connectivity index (χ0v) is 11.6. The number of hydrogen-bond acceptors (Lipinski definition) is 5. The molecule has 0 unspecified atom stereocenters. The van der Waals surface area contributed by atoms with Gasteiger partial charge in [-0.1, -0.05) is 41.4 Å². The molecule has 0 aliphatic rings. The van der Waals surface area contributed by atoms with Crippen molar-refractivity contribution in [3.63, 3.8) is 0 Å². The number of furan rings is 1. The summed E-state index contributed by atoms with van der Waals surface area (Å²) in [6.07, 6.45) is 1.54. The molecule has 0 radical (unpaired) electrons. The van der Waals surface area contributed by atoms with Gasteiger partial charge in [-0.3, -0.25) is 10.1 Å². The van der Waals surface area contributed by atoms with Crippen LogP contribution in [-0.4, -0.2) is 22.6 Å². The van der Waals surface area contributed by atoms with E-state index in [1.54, 1.807) is 18.3 Å². The molecule has 0 bridgehead atoms. The number of aliphatic hydroxyl groups is 1. The van der Waals surface area contributed by atoms with Crippen LogP contribution in [0.2, 0.25) is 0 Å². The largest absolute Gasteiger partial charge is 0.451 e. The molecule has 2 N–H and O–H groups in total. The Balaban J connectivity index is 1.78. The second-order valence-electron chi connectivity index (χ2n) is 4.09. The molecule has 2 heterocycles. The summed E-state index contributed by atoms with van der Waals surface area (Å²) in [7, 11) is 0. The Bertz CT molecular complexity index is 821. The number of amides is 1. The molecule has 0 atom stereocenters. The van der Waals surface area contributed by atoms with E-state index in [1.807, 2.05) is 18.2 Å². The molecule has 1 aromatic carbocycles. The summed E-state index contributed by atoms with van der Waals surface area (Å²) in [5.74, 6) is 5.13. The number of benzene rings is 1. The van der Waals surface area contributed by atoms with Crippen LogP contribution < -0.4 is 5.32 Å². The number of carbonyl (C=O) groups is 1. The first-order valence-corrected chi connectivity index (χ1v) is 6.93. The second kappa shape index (κ2) is 5.79. The van der Waals surface area contributed by atoms with E-state index in [0.717, 1.165) is 5.39 Å². The van der Waals surface area contributed by atoms with E-state index in [9.17, 15) is 4.79 Å². The van der Waals surface area contributed by atoms with E-state index in [2.05, 4.69) is 22.1 Å². The maximum Gasteiger partial charge on any atom is 0.293 e. The van der Waals surface area contributed by atoms with Gasteiger partial charge in [0.1, 0.15) is 12.2 Å². The number of carbonyl (C=O) groups excluding carboxylic acids is 1. The summed E-state index contributed by atoms with van der Waals surface area (Å²) in [4.78, 5) is 16.8. The monoisotopic (exact) mass is 298 g/mol. The average Bonchev–Trinajstić information content (AvgIpc) is 3.11. The van der Waals surface area contributed by atoms with Crippen molar-refractivity contribution in [3.8, 4) is 11.8 Å². The quantitative estimate of drug-likeness (QED) is 0.713. The molecule has 3 rings (SSSR count). The van der Waals surface area contributed by atoms with Gasteiger partial charge in [-0.15, -0.1) is 0 Å². The smallest absolute Gasteiger partial charge is 0.293 e. The van der Waals surface area contributed by atoms with Crippen molar-refractivity contribution in [2.24, 2.45) is 0 Å². The lowest BCUT2D eigenvalue weighted by Crippen LogP contribution is -2.10. The molecule has 0 aliphatic heterocycles. The predicted octanol–water partition coefficient (Wildman–Crippen LogP) is 2.49. The number of hydrogen-bond donors (Lipinski definition) is 2. The van der Waals surface area contributed by atoms with Crippen molar-refractivity contribution < 1.29 is 14.3 Å². The van der Waals surface area contributed by atoms with E-state index >= 15 is 0 Å². The minimum atomic E-state index is -0.359. The Labute approximate surface area is 124 Å². The molecule has 6 heteroatoms. The van der Waals surface area contributed by atoms with Gasteiger partial charge in [-0.05, 0) is 12.1 Å². The van der Waals surface area contributed by atoms with Crippen LogP contribution in [0.5, 0.6) is 0 Å². The minimum absolute atomic E-state index is 0.210. The van der Waals surface area contributed by atoms with Crippen LogP contribution in [0, 0.1) is 11.8 Å². The summed E-state index contributed by atoms with van der Waals surface area (Å²) in [6, 6.07) is 9.09. The molecule has 21 heavy (non-hydrogen) atoms. The van der Waals surface area contributed by atoms with Crippen molar-refractivity contribution in [2.75, 3.05) is 11.9 Å². The highest BCUT2D eigenvalue weighted by atomic mass is 32.1. The van der Waals surface area contributed by atoms with Gasteiger partial charge in [-0.2, -0.15) is 0 Å². The lowest BCUT2D eigenvalue weighted by atomic mass is 10.2. The lowest BCUT2D eigenvalue weighted by Gasteiger charge is -1.96. The zero-order valence-electron chi connectivity index (χ0n) is 10.8. The number of anilines is 1. The number of fused-ring (bicyclic) bond motifs is 1. The number of rotatable bonds is 2. The Morgan fingerprint density at radius 1 is 1.43 bits per heavy atom. The molecule has 5 nitrogen and oxygen atoms in total. The standard InChI is InChI=1S/C15H10N2O3S/c18-7-3-5-11-9-16-15(21-11)17-14(19)13-8-10-4-1-2-6-12(10)20-13/h1-2,4,6,8-9,18H,7H2,(H,16,17,19). The van der Waals surface area contributed by atoms with Crippen molar-refractivity contribution in [1.82, 2.24) is 4.98 Å². The highest BCUT2D eigenvalue weighted by Crippen LogP contribution is 2.21. The molecular weight excluding hydrogens is 288 g/mol. The zero-order chi connectivity index (χ0) is 14.7. The summed E-state index contributed by atoms with van der Waals surface area (Å²) < 4.78 is 5.48. The maximum atomic E-state index is 12.1. The molecule has 0 spiro atoms. The van der Waals surface area contributed by atoms with Crippen LogP contribution in [0.15, 0.2) is 40.9 Å². The number of aromatic nitrogens is 1. The number of thiazole rings is 1. The Hall–Kier alpha value is -2.62. The molecule has 1 amide bonds. The molecule has 0 saturated heterocycles. The molecule has 0 aliphatic carbocycles. The van der Waals surface area contributed by atoms with Gasteiger partial charge in [0.15, 0.2) is 10.9 Å². The van der Waals surface area contributed by atoms with Gasteiger partial charge in [-0.25, -0.2) is 4.98 Å². The fourth-order valence-corrected chi connectivity index (χ4v) is 2.45. The van der Waals surface area contributed by atoms with Crippen LogP contribution in [0.25, 0.3) is 11.0 Å². The fourth-order valence-electron chi connectivity index (χ4n) is 1.77. The van der Waals surface area contributed by atoms with Crippen LogP contribution in [-0.2, 0) is 0 Å². The van der Waals surface area contributed by atoms with E-state index < -0.39 is 0 Å². The molecule has 2 aromatic heterocycles. The molecular formula is C15H10N2O3S. The van der Waals surface area contributed by atoms with Crippen LogP contribution in [0.1, 0.15) is 15.4 Å². The fraction of sp³-hybridized carbons (Fsp3) is 0.0667. The van der Waals surface area contributed by atoms with Crippen LogP contribution in [0.4, 0.5) is 5.13 Å². The number of nitrogens with zero attached hydrogens (tertiary/aromatic N) is 1. The van der Waals surface area contributed by atoms with E-state index in [4.69, 9.17) is 9.52 Å². The van der Waals surface area contributed by atoms with Crippen LogP contribution >= 0.6 is 11.3 Å². The summed E-state index contributed by atoms with van der Waals surface area (Å²) in [5, 5.41) is 12.6. The topological polar surface area (TPSA) is 75.4 Å². The van der Waals surface area contributed by atoms with Crippen molar-refractivity contribution >= 4 is 33.3 Å². The maximum absolute atomic E-state index is 12.1. The van der Waals surface area contributed by atoms with E-state index in [0.29, 0.717) is 15.6 Å². The van der Waals surface area contributed by atoms with Gasteiger partial charge >= 0.3 is 0 Å². The molecule has 0 fully saturated rings. The third-order valence-corrected chi connectivity index (χ3v) is 3.49. The first-order chi connectivity index (χ1) is 10.3. The normalized spacial score (nSPS) is 10.1. The van der Waals surface area contributed by atoms with Gasteiger partial charge in [0.05, 0.1) is 11.1 Å². The van der Waals surface area contributed by atoms with Crippen LogP contribution in [0.3, 0.4) is 0 Å². The number of nitrogens with one attached hydrogen (secondary N) is 1. The first-order valence-electron chi connectivity index (χ1n) is 6.12. The van der Waals surface area contributed by atoms with E-state index in [-0.39, 0.29) is 18.3 Å². The first kappa shape index (κ1) is 13.4. The third-order valence-electron chi connectivity index (χ3n) is 2.67.